The van der Waals surface area contributed by atoms with Gasteiger partial charge in [0.15, 0.2) is 0 Å². The van der Waals surface area contributed by atoms with Crippen molar-refractivity contribution in [1.82, 2.24) is 9.80 Å². The van der Waals surface area contributed by atoms with Crippen molar-refractivity contribution in [3.8, 4) is 0 Å². The summed E-state index contributed by atoms with van der Waals surface area (Å²) in [5, 5.41) is 0. The second-order valence-electron chi connectivity index (χ2n) is 8.48. The Morgan fingerprint density at radius 3 is 2.38 bits per heavy atom. The van der Waals surface area contributed by atoms with E-state index in [0.29, 0.717) is 25.5 Å². The van der Waals surface area contributed by atoms with Crippen LogP contribution in [0.4, 0.5) is 4.39 Å². The summed E-state index contributed by atoms with van der Waals surface area (Å²) < 4.78 is 24.2. The molecule has 1 aromatic carbocycles. The van der Waals surface area contributed by atoms with Crippen molar-refractivity contribution < 1.29 is 23.1 Å². The summed E-state index contributed by atoms with van der Waals surface area (Å²) in [5.41, 5.74) is 0.810. The van der Waals surface area contributed by atoms with Gasteiger partial charge in [0.2, 0.25) is 11.8 Å². The molecule has 0 N–H and O–H groups in total. The number of aryl methyl sites for hydroxylation is 1. The Morgan fingerprint density at radius 2 is 1.75 bits per heavy atom. The average molecular weight is 445 g/mol. The zero-order valence-electron chi connectivity index (χ0n) is 19.0. The smallest absolute Gasteiger partial charge is 0.242 e. The van der Waals surface area contributed by atoms with Crippen LogP contribution >= 0.6 is 0 Å². The highest BCUT2D eigenvalue weighted by atomic mass is 19.1. The van der Waals surface area contributed by atoms with Gasteiger partial charge in [-0.05, 0) is 49.6 Å². The van der Waals surface area contributed by atoms with Crippen LogP contribution in [-0.4, -0.2) is 48.4 Å². The Hall–Kier alpha value is -2.67. The van der Waals surface area contributed by atoms with Gasteiger partial charge in [-0.2, -0.15) is 0 Å². The molecule has 0 aliphatic heterocycles. The third-order valence-corrected chi connectivity index (χ3v) is 5.94. The molecular formula is C25H33FN2O4. The van der Waals surface area contributed by atoms with E-state index < -0.39 is 0 Å². The van der Waals surface area contributed by atoms with E-state index in [2.05, 4.69) is 0 Å². The lowest BCUT2D eigenvalue weighted by Gasteiger charge is -2.31. The van der Waals surface area contributed by atoms with Gasteiger partial charge in [-0.3, -0.25) is 9.59 Å². The molecule has 0 radical (unpaired) electrons. The molecule has 1 aromatic heterocycles. The molecule has 3 rings (SSSR count). The van der Waals surface area contributed by atoms with Crippen molar-refractivity contribution in [2.24, 2.45) is 5.92 Å². The summed E-state index contributed by atoms with van der Waals surface area (Å²) in [7, 11) is 1.59. The summed E-state index contributed by atoms with van der Waals surface area (Å²) in [6.45, 7) is 3.17. The maximum absolute atomic E-state index is 13.4. The molecule has 0 saturated heterocycles. The molecule has 1 saturated carbocycles. The minimum atomic E-state index is -0.322. The molecular weight excluding hydrogens is 411 g/mol. The van der Waals surface area contributed by atoms with Crippen molar-refractivity contribution in [1.29, 1.82) is 0 Å². The van der Waals surface area contributed by atoms with Gasteiger partial charge in [0.05, 0.1) is 19.7 Å². The highest BCUT2D eigenvalue weighted by Gasteiger charge is 2.28. The van der Waals surface area contributed by atoms with Crippen LogP contribution in [0.15, 0.2) is 40.8 Å². The van der Waals surface area contributed by atoms with Crippen LogP contribution in [0.25, 0.3) is 0 Å². The molecule has 174 valence electrons. The fourth-order valence-corrected chi connectivity index (χ4v) is 4.14. The van der Waals surface area contributed by atoms with Crippen molar-refractivity contribution in [3.05, 3.63) is 59.3 Å². The highest BCUT2D eigenvalue weighted by Crippen LogP contribution is 2.25. The lowest BCUT2D eigenvalue weighted by atomic mass is 9.88. The van der Waals surface area contributed by atoms with E-state index in [1.54, 1.807) is 29.0 Å². The van der Waals surface area contributed by atoms with Crippen molar-refractivity contribution >= 4 is 11.8 Å². The third kappa shape index (κ3) is 6.92. The van der Waals surface area contributed by atoms with E-state index in [4.69, 9.17) is 9.15 Å². The van der Waals surface area contributed by atoms with Crippen molar-refractivity contribution in [3.63, 3.8) is 0 Å². The SMILES string of the molecule is COCCN(CC(=O)N(Cc1ccc(F)cc1)Cc1ccc(C)o1)C(=O)C1CCCCC1. The second-order valence-corrected chi connectivity index (χ2v) is 8.48. The molecule has 1 aliphatic carbocycles. The number of carbonyl (C=O) groups is 2. The van der Waals surface area contributed by atoms with E-state index >= 15 is 0 Å². The van der Waals surface area contributed by atoms with E-state index in [-0.39, 0.29) is 36.6 Å². The quantitative estimate of drug-likeness (QED) is 0.548. The molecule has 6 nitrogen and oxygen atoms in total. The molecule has 1 aliphatic rings. The Balaban J connectivity index is 1.74. The Labute approximate surface area is 189 Å². The normalized spacial score (nSPS) is 14.3. The first-order valence-electron chi connectivity index (χ1n) is 11.3. The Morgan fingerprint density at radius 1 is 1.03 bits per heavy atom. The number of halogens is 1. The van der Waals surface area contributed by atoms with E-state index in [0.717, 1.165) is 43.4 Å². The van der Waals surface area contributed by atoms with Gasteiger partial charge in [-0.1, -0.05) is 31.4 Å². The Bertz CT molecular complexity index is 874. The fraction of sp³-hybridized carbons (Fsp3) is 0.520. The van der Waals surface area contributed by atoms with E-state index in [1.165, 1.54) is 12.1 Å². The van der Waals surface area contributed by atoms with Gasteiger partial charge in [0, 0.05) is 26.1 Å². The van der Waals surface area contributed by atoms with Crippen molar-refractivity contribution in [2.45, 2.75) is 52.1 Å². The van der Waals surface area contributed by atoms with Gasteiger partial charge in [0.25, 0.3) is 0 Å². The third-order valence-electron chi connectivity index (χ3n) is 5.94. The fourth-order valence-electron chi connectivity index (χ4n) is 4.14. The number of rotatable bonds is 10. The molecule has 0 bridgehead atoms. The zero-order chi connectivity index (χ0) is 22.9. The molecule has 2 aromatic rings. The number of carbonyl (C=O) groups excluding carboxylic acids is 2. The number of benzene rings is 1. The number of methoxy groups -OCH3 is 1. The minimum Gasteiger partial charge on any atom is -0.464 e. The van der Waals surface area contributed by atoms with Gasteiger partial charge < -0.3 is 19.0 Å². The van der Waals surface area contributed by atoms with Gasteiger partial charge in [-0.25, -0.2) is 4.39 Å². The standard InChI is InChI=1S/C25H33FN2O4/c1-19-8-13-23(32-19)17-28(16-20-9-11-22(26)12-10-20)24(29)18-27(14-15-31-2)25(30)21-6-4-3-5-7-21/h8-13,21H,3-7,14-18H2,1-2H3. The van der Waals surface area contributed by atoms with Crippen LogP contribution in [-0.2, 0) is 27.4 Å². The molecule has 7 heteroatoms. The molecule has 0 atom stereocenters. The predicted molar refractivity (Wildman–Crippen MR) is 119 cm³/mol. The van der Waals surface area contributed by atoms with Crippen LogP contribution in [0.1, 0.15) is 49.2 Å². The van der Waals surface area contributed by atoms with Crippen molar-refractivity contribution in [2.75, 3.05) is 26.8 Å². The average Bonchev–Trinajstić information content (AvgIpc) is 3.22. The first-order valence-corrected chi connectivity index (χ1v) is 11.3. The number of nitrogens with zero attached hydrogens (tertiary/aromatic N) is 2. The number of amides is 2. The topological polar surface area (TPSA) is 63.0 Å². The van der Waals surface area contributed by atoms with Crippen LogP contribution in [0.3, 0.4) is 0 Å². The number of ether oxygens (including phenoxy) is 1. The first-order chi connectivity index (χ1) is 15.5. The summed E-state index contributed by atoms with van der Waals surface area (Å²) in [6.07, 6.45) is 5.02. The monoisotopic (exact) mass is 444 g/mol. The van der Waals surface area contributed by atoms with E-state index in [9.17, 15) is 14.0 Å². The lowest BCUT2D eigenvalue weighted by Crippen LogP contribution is -2.46. The molecule has 32 heavy (non-hydrogen) atoms. The maximum atomic E-state index is 13.4. The number of hydrogen-bond donors (Lipinski definition) is 0. The molecule has 0 spiro atoms. The molecule has 1 heterocycles. The molecule has 1 fully saturated rings. The van der Waals surface area contributed by atoms with Gasteiger partial charge in [0.1, 0.15) is 17.3 Å². The van der Waals surface area contributed by atoms with Gasteiger partial charge in [-0.15, -0.1) is 0 Å². The summed E-state index contributed by atoms with van der Waals surface area (Å²) in [6, 6.07) is 9.79. The largest absolute Gasteiger partial charge is 0.464 e. The number of furan rings is 1. The van der Waals surface area contributed by atoms with Crippen LogP contribution < -0.4 is 0 Å². The van der Waals surface area contributed by atoms with Gasteiger partial charge >= 0.3 is 0 Å². The van der Waals surface area contributed by atoms with Crippen LogP contribution in [0, 0.1) is 18.7 Å². The maximum Gasteiger partial charge on any atom is 0.242 e. The van der Waals surface area contributed by atoms with Crippen LogP contribution in [0.2, 0.25) is 0 Å². The zero-order valence-corrected chi connectivity index (χ0v) is 19.0. The first kappa shape index (κ1) is 24.0. The van der Waals surface area contributed by atoms with Crippen LogP contribution in [0.5, 0.6) is 0 Å². The molecule has 2 amide bonds. The summed E-state index contributed by atoms with van der Waals surface area (Å²) in [5.74, 6) is 0.946. The number of hydrogen-bond acceptors (Lipinski definition) is 4. The summed E-state index contributed by atoms with van der Waals surface area (Å²) >= 11 is 0. The lowest BCUT2D eigenvalue weighted by molar-refractivity contribution is -0.144. The minimum absolute atomic E-state index is 0.0143. The molecule has 0 unspecified atom stereocenters. The Kier molecular flexibility index (Phi) is 8.85. The summed E-state index contributed by atoms with van der Waals surface area (Å²) in [4.78, 5) is 29.8. The second kappa shape index (κ2) is 11.8. The predicted octanol–water partition coefficient (Wildman–Crippen LogP) is 4.31. The highest BCUT2D eigenvalue weighted by molar-refractivity contribution is 5.86. The van der Waals surface area contributed by atoms with E-state index in [1.807, 2.05) is 19.1 Å².